The summed E-state index contributed by atoms with van der Waals surface area (Å²) in [5.41, 5.74) is 13.1. The van der Waals surface area contributed by atoms with Crippen molar-refractivity contribution in [3.05, 3.63) is 71.5 Å². The molecule has 2 aromatic rings. The molecular weight excluding hydrogens is 350 g/mol. The van der Waals surface area contributed by atoms with Crippen LogP contribution in [-0.4, -0.2) is 29.0 Å². The molecule has 1 aromatic heterocycles. The molecule has 134 valence electrons. The SMILES string of the molecule is N=C(/C=C\C(N)=Nc1cccc(Cl)c1)N=C(N)CNCc1ccccn1. The molecule has 0 aliphatic carbocycles. The van der Waals surface area contributed by atoms with Crippen LogP contribution in [0.1, 0.15) is 5.69 Å². The van der Waals surface area contributed by atoms with Gasteiger partial charge < -0.3 is 16.8 Å². The number of nitrogens with zero attached hydrogens (tertiary/aromatic N) is 3. The average molecular weight is 370 g/mol. The van der Waals surface area contributed by atoms with Crippen LogP contribution in [0.4, 0.5) is 5.69 Å². The lowest BCUT2D eigenvalue weighted by Crippen LogP contribution is -2.29. The quantitative estimate of drug-likeness (QED) is 0.441. The molecule has 26 heavy (non-hydrogen) atoms. The number of nitrogens with two attached hydrogens (primary N) is 2. The summed E-state index contributed by atoms with van der Waals surface area (Å²) in [4.78, 5) is 12.4. The van der Waals surface area contributed by atoms with Crippen LogP contribution < -0.4 is 16.8 Å². The van der Waals surface area contributed by atoms with Crippen LogP contribution in [0, 0.1) is 5.41 Å². The first-order valence-corrected chi connectivity index (χ1v) is 8.21. The highest BCUT2D eigenvalue weighted by Gasteiger charge is 1.97. The van der Waals surface area contributed by atoms with Crippen molar-refractivity contribution in [2.24, 2.45) is 21.5 Å². The molecule has 0 fully saturated rings. The number of hydrogen-bond donors (Lipinski definition) is 4. The molecule has 0 saturated heterocycles. The second-order valence-electron chi connectivity index (χ2n) is 5.26. The van der Waals surface area contributed by atoms with E-state index >= 15 is 0 Å². The van der Waals surface area contributed by atoms with Gasteiger partial charge in [0.15, 0.2) is 0 Å². The number of amidine groups is 3. The van der Waals surface area contributed by atoms with Crippen molar-refractivity contribution in [1.82, 2.24) is 10.3 Å². The number of aromatic nitrogens is 1. The van der Waals surface area contributed by atoms with Crippen molar-refractivity contribution in [3.8, 4) is 0 Å². The van der Waals surface area contributed by atoms with Gasteiger partial charge in [-0.2, -0.15) is 0 Å². The van der Waals surface area contributed by atoms with E-state index in [-0.39, 0.29) is 11.7 Å². The van der Waals surface area contributed by atoms with Gasteiger partial charge in [0, 0.05) is 17.8 Å². The average Bonchev–Trinajstić information content (AvgIpc) is 2.61. The van der Waals surface area contributed by atoms with E-state index in [1.54, 1.807) is 30.5 Å². The second kappa shape index (κ2) is 10.1. The van der Waals surface area contributed by atoms with Gasteiger partial charge in [-0.3, -0.25) is 10.4 Å². The number of benzene rings is 1. The number of hydrogen-bond acceptors (Lipinski definition) is 4. The van der Waals surface area contributed by atoms with Gasteiger partial charge in [0.25, 0.3) is 0 Å². The molecule has 0 amide bonds. The van der Waals surface area contributed by atoms with E-state index in [1.165, 1.54) is 12.2 Å². The van der Waals surface area contributed by atoms with Crippen LogP contribution in [0.15, 0.2) is 70.8 Å². The Labute approximate surface area is 157 Å². The molecular formula is C18H20ClN7. The highest BCUT2D eigenvalue weighted by atomic mass is 35.5. The molecule has 0 radical (unpaired) electrons. The van der Waals surface area contributed by atoms with Gasteiger partial charge in [0.2, 0.25) is 0 Å². The lowest BCUT2D eigenvalue weighted by molar-refractivity contribution is 0.752. The van der Waals surface area contributed by atoms with E-state index < -0.39 is 0 Å². The Morgan fingerprint density at radius 2 is 2.04 bits per heavy atom. The summed E-state index contributed by atoms with van der Waals surface area (Å²) < 4.78 is 0. The second-order valence-corrected chi connectivity index (χ2v) is 5.70. The fourth-order valence-electron chi connectivity index (χ4n) is 1.95. The minimum Gasteiger partial charge on any atom is -0.386 e. The summed E-state index contributed by atoms with van der Waals surface area (Å²) in [7, 11) is 0. The van der Waals surface area contributed by atoms with Crippen LogP contribution >= 0.6 is 11.6 Å². The van der Waals surface area contributed by atoms with Gasteiger partial charge in [-0.05, 0) is 42.5 Å². The van der Waals surface area contributed by atoms with Gasteiger partial charge >= 0.3 is 0 Å². The summed E-state index contributed by atoms with van der Waals surface area (Å²) in [6, 6.07) is 12.7. The minimum atomic E-state index is -0.0219. The van der Waals surface area contributed by atoms with Gasteiger partial charge in [0.05, 0.1) is 17.9 Å². The molecule has 0 aliphatic heterocycles. The maximum Gasteiger partial charge on any atom is 0.146 e. The van der Waals surface area contributed by atoms with Gasteiger partial charge in [0.1, 0.15) is 17.5 Å². The predicted octanol–water partition coefficient (Wildman–Crippen LogP) is 2.40. The Kier molecular flexibility index (Phi) is 7.48. The van der Waals surface area contributed by atoms with E-state index in [1.807, 2.05) is 18.2 Å². The van der Waals surface area contributed by atoms with Crippen molar-refractivity contribution in [3.63, 3.8) is 0 Å². The Morgan fingerprint density at radius 1 is 1.19 bits per heavy atom. The third-order valence-corrected chi connectivity index (χ3v) is 3.32. The molecule has 0 unspecified atom stereocenters. The van der Waals surface area contributed by atoms with Gasteiger partial charge in [-0.15, -0.1) is 0 Å². The lowest BCUT2D eigenvalue weighted by Gasteiger charge is -2.03. The smallest absolute Gasteiger partial charge is 0.146 e. The predicted molar refractivity (Wildman–Crippen MR) is 107 cm³/mol. The molecule has 2 rings (SSSR count). The van der Waals surface area contributed by atoms with E-state index in [9.17, 15) is 0 Å². The van der Waals surface area contributed by atoms with Crippen LogP contribution in [-0.2, 0) is 6.54 Å². The fourth-order valence-corrected chi connectivity index (χ4v) is 2.13. The number of pyridine rings is 1. The molecule has 0 saturated carbocycles. The Hall–Kier alpha value is -3.03. The molecule has 7 nitrogen and oxygen atoms in total. The first-order chi connectivity index (χ1) is 12.5. The maximum atomic E-state index is 7.80. The van der Waals surface area contributed by atoms with Crippen LogP contribution in [0.2, 0.25) is 5.02 Å². The molecule has 0 spiro atoms. The molecule has 8 heteroatoms. The number of halogens is 1. The summed E-state index contributed by atoms with van der Waals surface area (Å²) in [6.45, 7) is 0.915. The normalized spacial score (nSPS) is 12.5. The van der Waals surface area contributed by atoms with Crippen molar-refractivity contribution in [2.45, 2.75) is 6.54 Å². The first-order valence-electron chi connectivity index (χ1n) is 7.83. The lowest BCUT2D eigenvalue weighted by atomic mass is 10.3. The third kappa shape index (κ3) is 7.25. The first kappa shape index (κ1) is 19.3. The highest BCUT2D eigenvalue weighted by molar-refractivity contribution is 6.30. The largest absolute Gasteiger partial charge is 0.386 e. The molecule has 6 N–H and O–H groups in total. The summed E-state index contributed by atoms with van der Waals surface area (Å²) in [6.07, 6.45) is 4.64. The van der Waals surface area contributed by atoms with Crippen LogP contribution in [0.3, 0.4) is 0 Å². The summed E-state index contributed by atoms with van der Waals surface area (Å²) >= 11 is 5.89. The number of rotatable bonds is 7. The monoisotopic (exact) mass is 369 g/mol. The van der Waals surface area contributed by atoms with E-state index in [2.05, 4.69) is 20.3 Å². The zero-order valence-electron chi connectivity index (χ0n) is 14.1. The van der Waals surface area contributed by atoms with Gasteiger partial charge in [-0.25, -0.2) is 9.98 Å². The zero-order chi connectivity index (χ0) is 18.8. The van der Waals surface area contributed by atoms with Crippen LogP contribution in [0.25, 0.3) is 0 Å². The van der Waals surface area contributed by atoms with Crippen LogP contribution in [0.5, 0.6) is 0 Å². The Balaban J connectivity index is 1.83. The molecule has 0 atom stereocenters. The topological polar surface area (TPSA) is 126 Å². The molecule has 0 aliphatic rings. The van der Waals surface area contributed by atoms with Crippen molar-refractivity contribution < 1.29 is 0 Å². The number of nitrogens with one attached hydrogen (secondary N) is 2. The van der Waals surface area contributed by atoms with E-state index in [0.717, 1.165) is 5.69 Å². The highest BCUT2D eigenvalue weighted by Crippen LogP contribution is 2.17. The maximum absolute atomic E-state index is 7.80. The standard InChI is InChI=1S/C18H20ClN7/c19-13-4-3-6-14(10-13)25-16(20)7-8-17(21)26-18(22)12-23-11-15-5-1-2-9-24-15/h1-10,23H,11-12H2,(H2,20,25)(H3,21,22,26)/b8-7-. The zero-order valence-corrected chi connectivity index (χ0v) is 14.8. The summed E-state index contributed by atoms with van der Waals surface area (Å²) in [5, 5.41) is 11.5. The number of aliphatic imine (C=N–C) groups is 2. The fraction of sp³-hybridized carbons (Fsp3) is 0.111. The summed E-state index contributed by atoms with van der Waals surface area (Å²) in [5.74, 6) is 0.506. The van der Waals surface area contributed by atoms with Crippen molar-refractivity contribution in [2.75, 3.05) is 6.54 Å². The molecule has 1 heterocycles. The Bertz CT molecular complexity index is 828. The third-order valence-electron chi connectivity index (χ3n) is 3.08. The molecule has 1 aromatic carbocycles. The van der Waals surface area contributed by atoms with E-state index in [4.69, 9.17) is 28.5 Å². The Morgan fingerprint density at radius 3 is 2.77 bits per heavy atom. The van der Waals surface area contributed by atoms with Gasteiger partial charge in [-0.1, -0.05) is 23.7 Å². The molecule has 0 bridgehead atoms. The van der Waals surface area contributed by atoms with Crippen molar-refractivity contribution in [1.29, 1.82) is 5.41 Å². The van der Waals surface area contributed by atoms with Crippen molar-refractivity contribution >= 4 is 34.8 Å². The van der Waals surface area contributed by atoms with E-state index in [0.29, 0.717) is 29.6 Å². The minimum absolute atomic E-state index is 0.0219.